The first-order chi connectivity index (χ1) is 9.72. The number of carbonyl (C=O) groups is 1. The lowest BCUT2D eigenvalue weighted by molar-refractivity contribution is -0.132. The Morgan fingerprint density at radius 1 is 1.05 bits per heavy atom. The van der Waals surface area contributed by atoms with Crippen LogP contribution < -0.4 is 0 Å². The minimum absolute atomic E-state index is 0.315. The van der Waals surface area contributed by atoms with Gasteiger partial charge in [-0.05, 0) is 38.1 Å². The Morgan fingerprint density at radius 3 is 2.25 bits per heavy atom. The molecule has 0 aromatic carbocycles. The molecule has 0 saturated carbocycles. The Morgan fingerprint density at radius 2 is 1.70 bits per heavy atom. The number of likely N-dealkylation sites (tertiary alicyclic amines) is 1. The fourth-order valence-electron chi connectivity index (χ4n) is 3.25. The van der Waals surface area contributed by atoms with Crippen LogP contribution in [0, 0.1) is 5.92 Å². The van der Waals surface area contributed by atoms with Crippen molar-refractivity contribution in [3.8, 4) is 0 Å². The van der Waals surface area contributed by atoms with Gasteiger partial charge in [-0.3, -0.25) is 14.6 Å². The smallest absolute Gasteiger partial charge is 0.222 e. The zero-order valence-electron chi connectivity index (χ0n) is 13.0. The van der Waals surface area contributed by atoms with E-state index in [2.05, 4.69) is 16.1 Å². The molecule has 0 spiro atoms. The molecule has 116 valence electrons. The zero-order chi connectivity index (χ0) is 14.4. The molecule has 0 aliphatic carbocycles. The van der Waals surface area contributed by atoms with Crippen molar-refractivity contribution in [3.05, 3.63) is 0 Å². The summed E-state index contributed by atoms with van der Waals surface area (Å²) >= 11 is 1.93. The molecule has 0 atom stereocenters. The number of nitrogens with zero attached hydrogens (tertiary/aromatic N) is 3. The van der Waals surface area contributed by atoms with Gasteiger partial charge in [0.2, 0.25) is 5.91 Å². The van der Waals surface area contributed by atoms with Crippen molar-refractivity contribution in [1.82, 2.24) is 14.7 Å². The molecule has 0 bridgehead atoms. The normalized spacial score (nSPS) is 23.2. The minimum Gasteiger partial charge on any atom is -0.340 e. The van der Waals surface area contributed by atoms with E-state index < -0.39 is 0 Å². The first kappa shape index (κ1) is 16.1. The molecule has 5 heteroatoms. The molecule has 2 heterocycles. The van der Waals surface area contributed by atoms with E-state index in [0.717, 1.165) is 32.1 Å². The Bertz CT molecular complexity index is 297. The molecule has 1 amide bonds. The van der Waals surface area contributed by atoms with Crippen LogP contribution in [0.3, 0.4) is 0 Å². The molecule has 0 aromatic heterocycles. The van der Waals surface area contributed by atoms with Crippen LogP contribution >= 0.6 is 11.8 Å². The zero-order valence-corrected chi connectivity index (χ0v) is 13.8. The molecule has 2 aliphatic heterocycles. The molecule has 4 nitrogen and oxygen atoms in total. The fourth-order valence-corrected chi connectivity index (χ4v) is 3.87. The van der Waals surface area contributed by atoms with Gasteiger partial charge in [0.25, 0.3) is 0 Å². The van der Waals surface area contributed by atoms with Gasteiger partial charge in [0.1, 0.15) is 0 Å². The first-order valence-electron chi connectivity index (χ1n) is 7.94. The van der Waals surface area contributed by atoms with E-state index >= 15 is 0 Å². The third-order valence-corrected chi connectivity index (χ3v) is 5.19. The average molecular weight is 299 g/mol. The van der Waals surface area contributed by atoms with Gasteiger partial charge >= 0.3 is 0 Å². The second kappa shape index (κ2) is 8.25. The van der Waals surface area contributed by atoms with E-state index in [-0.39, 0.29) is 0 Å². The van der Waals surface area contributed by atoms with Gasteiger partial charge in [-0.15, -0.1) is 11.8 Å². The van der Waals surface area contributed by atoms with Crippen LogP contribution in [0.2, 0.25) is 0 Å². The van der Waals surface area contributed by atoms with E-state index in [0.29, 0.717) is 12.3 Å². The molecular weight excluding hydrogens is 270 g/mol. The van der Waals surface area contributed by atoms with Gasteiger partial charge in [0.05, 0.1) is 0 Å². The van der Waals surface area contributed by atoms with Gasteiger partial charge in [0.15, 0.2) is 0 Å². The highest BCUT2D eigenvalue weighted by atomic mass is 32.2. The minimum atomic E-state index is 0.315. The number of carbonyl (C=O) groups excluding carboxylic acids is 1. The maximum atomic E-state index is 11.7. The molecule has 2 rings (SSSR count). The van der Waals surface area contributed by atoms with Crippen LogP contribution in [-0.4, -0.2) is 78.6 Å². The van der Waals surface area contributed by atoms with Crippen molar-refractivity contribution in [2.24, 2.45) is 5.92 Å². The third kappa shape index (κ3) is 4.64. The number of piperidine rings is 1. The molecular formula is C15H29N3OS. The summed E-state index contributed by atoms with van der Waals surface area (Å²) in [5.41, 5.74) is 0. The molecule has 20 heavy (non-hydrogen) atoms. The van der Waals surface area contributed by atoms with Crippen LogP contribution in [0.1, 0.15) is 26.2 Å². The summed E-state index contributed by atoms with van der Waals surface area (Å²) in [4.78, 5) is 18.8. The Kier molecular flexibility index (Phi) is 6.65. The van der Waals surface area contributed by atoms with Crippen LogP contribution in [-0.2, 0) is 4.79 Å². The van der Waals surface area contributed by atoms with Gasteiger partial charge < -0.3 is 4.90 Å². The van der Waals surface area contributed by atoms with Crippen molar-refractivity contribution in [2.75, 3.05) is 57.9 Å². The Labute approximate surface area is 127 Å². The molecule has 0 aromatic rings. The summed E-state index contributed by atoms with van der Waals surface area (Å²) in [7, 11) is 0. The lowest BCUT2D eigenvalue weighted by Gasteiger charge is -2.38. The summed E-state index contributed by atoms with van der Waals surface area (Å²) in [5, 5.41) is 0. The largest absolute Gasteiger partial charge is 0.340 e. The Balaban J connectivity index is 1.65. The molecule has 0 radical (unpaired) electrons. The summed E-state index contributed by atoms with van der Waals surface area (Å²) in [5.74, 6) is 2.36. The lowest BCUT2D eigenvalue weighted by Crippen LogP contribution is -2.50. The van der Waals surface area contributed by atoms with Crippen molar-refractivity contribution in [1.29, 1.82) is 0 Å². The standard InChI is InChI=1S/C15H29N3OS/c1-3-15(19)18-10-8-16(9-11-18)12-14-4-6-17(7-5-14)13-20-2/h14H,3-13H2,1-2H3. The summed E-state index contributed by atoms with van der Waals surface area (Å²) in [6, 6.07) is 0. The number of hydrogen-bond donors (Lipinski definition) is 0. The van der Waals surface area contributed by atoms with E-state index in [1.807, 2.05) is 23.6 Å². The van der Waals surface area contributed by atoms with Crippen LogP contribution in [0.4, 0.5) is 0 Å². The van der Waals surface area contributed by atoms with E-state index in [1.165, 1.54) is 38.4 Å². The van der Waals surface area contributed by atoms with Crippen molar-refractivity contribution < 1.29 is 4.79 Å². The fraction of sp³-hybridized carbons (Fsp3) is 0.933. The molecule has 0 N–H and O–H groups in total. The average Bonchev–Trinajstić information content (AvgIpc) is 2.49. The highest BCUT2D eigenvalue weighted by Gasteiger charge is 2.24. The van der Waals surface area contributed by atoms with Crippen LogP contribution in [0.15, 0.2) is 0 Å². The maximum absolute atomic E-state index is 11.7. The second-order valence-electron chi connectivity index (χ2n) is 6.01. The van der Waals surface area contributed by atoms with Gasteiger partial charge in [-0.1, -0.05) is 6.92 Å². The van der Waals surface area contributed by atoms with Crippen molar-refractivity contribution >= 4 is 17.7 Å². The number of piperazine rings is 1. The molecule has 2 fully saturated rings. The molecule has 2 aliphatic rings. The maximum Gasteiger partial charge on any atom is 0.222 e. The number of rotatable bonds is 5. The van der Waals surface area contributed by atoms with E-state index in [4.69, 9.17) is 0 Å². The van der Waals surface area contributed by atoms with Gasteiger partial charge in [0, 0.05) is 45.0 Å². The summed E-state index contributed by atoms with van der Waals surface area (Å²) in [6.07, 6.45) is 5.51. The predicted molar refractivity (Wildman–Crippen MR) is 86.0 cm³/mol. The highest BCUT2D eigenvalue weighted by molar-refractivity contribution is 7.98. The SMILES string of the molecule is CCC(=O)N1CCN(CC2CCN(CSC)CC2)CC1. The first-order valence-corrected chi connectivity index (χ1v) is 9.33. The van der Waals surface area contributed by atoms with Gasteiger partial charge in [-0.25, -0.2) is 0 Å². The van der Waals surface area contributed by atoms with Crippen molar-refractivity contribution in [2.45, 2.75) is 26.2 Å². The predicted octanol–water partition coefficient (Wildman–Crippen LogP) is 1.57. The Hall–Kier alpha value is -0.260. The second-order valence-corrected chi connectivity index (χ2v) is 6.85. The highest BCUT2D eigenvalue weighted by Crippen LogP contribution is 2.20. The van der Waals surface area contributed by atoms with E-state index in [1.54, 1.807) is 0 Å². The lowest BCUT2D eigenvalue weighted by atomic mass is 9.96. The summed E-state index contributed by atoms with van der Waals surface area (Å²) < 4.78 is 0. The molecule has 2 saturated heterocycles. The quantitative estimate of drug-likeness (QED) is 0.770. The number of hydrogen-bond acceptors (Lipinski definition) is 4. The third-order valence-electron chi connectivity index (χ3n) is 4.56. The van der Waals surface area contributed by atoms with E-state index in [9.17, 15) is 4.79 Å². The number of thioether (sulfide) groups is 1. The van der Waals surface area contributed by atoms with Crippen LogP contribution in [0.25, 0.3) is 0 Å². The van der Waals surface area contributed by atoms with Gasteiger partial charge in [-0.2, -0.15) is 0 Å². The molecule has 0 unspecified atom stereocenters. The van der Waals surface area contributed by atoms with Crippen molar-refractivity contribution in [3.63, 3.8) is 0 Å². The van der Waals surface area contributed by atoms with Crippen LogP contribution in [0.5, 0.6) is 0 Å². The topological polar surface area (TPSA) is 26.8 Å². The summed E-state index contributed by atoms with van der Waals surface area (Å²) in [6.45, 7) is 9.71. The number of amides is 1. The monoisotopic (exact) mass is 299 g/mol.